The highest BCUT2D eigenvalue weighted by Gasteiger charge is 2.49. The normalized spacial score (nSPS) is 25.1. The first-order chi connectivity index (χ1) is 13.3. The number of carbonyl (C=O) groups is 1. The minimum atomic E-state index is -0.490. The zero-order valence-electron chi connectivity index (χ0n) is 14.8. The summed E-state index contributed by atoms with van der Waals surface area (Å²) in [5.74, 6) is 0.860. The Morgan fingerprint density at radius 1 is 1.07 bits per heavy atom. The molecule has 6 nitrogen and oxygen atoms in total. The first-order valence-electron chi connectivity index (χ1n) is 9.19. The Morgan fingerprint density at radius 2 is 1.96 bits per heavy atom. The number of morpholine rings is 1. The lowest BCUT2D eigenvalue weighted by atomic mass is 9.77. The van der Waals surface area contributed by atoms with Crippen LogP contribution in [0.4, 0.5) is 5.82 Å². The molecule has 1 aromatic carbocycles. The molecule has 136 valence electrons. The van der Waals surface area contributed by atoms with Crippen LogP contribution in [0.2, 0.25) is 0 Å². The number of piperidine rings is 1. The molecule has 2 aromatic heterocycles. The maximum absolute atomic E-state index is 12.2. The Morgan fingerprint density at radius 3 is 2.85 bits per heavy atom. The number of amides is 1. The van der Waals surface area contributed by atoms with Crippen LogP contribution in [0.25, 0.3) is 10.9 Å². The number of pyridine rings is 2. The molecule has 4 heterocycles. The number of nitrogens with one attached hydrogen (secondary N) is 1. The van der Waals surface area contributed by atoms with Gasteiger partial charge >= 0.3 is 0 Å². The van der Waals surface area contributed by atoms with Crippen LogP contribution in [0.1, 0.15) is 12.0 Å². The number of anilines is 1. The van der Waals surface area contributed by atoms with Crippen molar-refractivity contribution in [2.24, 2.45) is 0 Å². The highest BCUT2D eigenvalue weighted by Crippen LogP contribution is 2.38. The van der Waals surface area contributed by atoms with E-state index in [1.807, 2.05) is 36.4 Å². The van der Waals surface area contributed by atoms with Gasteiger partial charge in [-0.2, -0.15) is 0 Å². The number of fused-ring (bicyclic) bond motifs is 2. The van der Waals surface area contributed by atoms with Gasteiger partial charge < -0.3 is 15.0 Å². The van der Waals surface area contributed by atoms with Crippen LogP contribution in [0.5, 0.6) is 0 Å². The van der Waals surface area contributed by atoms with Gasteiger partial charge in [0.2, 0.25) is 5.91 Å². The summed E-state index contributed by atoms with van der Waals surface area (Å²) in [5, 5.41) is 4.27. The molecule has 0 bridgehead atoms. The molecule has 0 spiro atoms. The molecule has 0 radical (unpaired) electrons. The number of ether oxygens (including phenoxy) is 1. The van der Waals surface area contributed by atoms with Crippen LogP contribution >= 0.6 is 0 Å². The van der Waals surface area contributed by atoms with E-state index in [9.17, 15) is 4.79 Å². The zero-order chi connectivity index (χ0) is 18.3. The summed E-state index contributed by atoms with van der Waals surface area (Å²) in [4.78, 5) is 23.5. The van der Waals surface area contributed by atoms with Gasteiger partial charge in [0, 0.05) is 30.9 Å². The molecule has 27 heavy (non-hydrogen) atoms. The maximum atomic E-state index is 12.2. The first kappa shape index (κ1) is 16.2. The van der Waals surface area contributed by atoms with Gasteiger partial charge in [-0.25, -0.2) is 4.98 Å². The minimum absolute atomic E-state index is 0.0592. The number of hydrogen-bond acceptors (Lipinski definition) is 5. The van der Waals surface area contributed by atoms with E-state index >= 15 is 0 Å². The fourth-order valence-corrected chi connectivity index (χ4v) is 4.29. The molecule has 2 saturated heterocycles. The molecule has 3 aromatic rings. The second kappa shape index (κ2) is 6.32. The van der Waals surface area contributed by atoms with E-state index in [4.69, 9.17) is 4.74 Å². The summed E-state index contributed by atoms with van der Waals surface area (Å²) in [6.07, 6.45) is 4.21. The predicted octanol–water partition coefficient (Wildman–Crippen LogP) is 2.25. The standard InChI is InChI=1S/C21H20N4O2/c26-19-14-27-18-13-25(20-16-7-4-10-22-17(16)8-11-23-20)12-9-21(18,24-19)15-5-2-1-3-6-15/h1-8,10-11,18H,9,12-14H2,(H,24,26)/t18-,21+/m1/s1. The van der Waals surface area contributed by atoms with Crippen LogP contribution in [0, 0.1) is 0 Å². The largest absolute Gasteiger partial charge is 0.364 e. The van der Waals surface area contributed by atoms with Crippen molar-refractivity contribution in [2.45, 2.75) is 18.1 Å². The lowest BCUT2D eigenvalue weighted by molar-refractivity contribution is -0.146. The van der Waals surface area contributed by atoms with Crippen molar-refractivity contribution in [3.63, 3.8) is 0 Å². The third-order valence-electron chi connectivity index (χ3n) is 5.59. The fraction of sp³-hybridized carbons (Fsp3) is 0.286. The van der Waals surface area contributed by atoms with Gasteiger partial charge in [0.1, 0.15) is 18.5 Å². The smallest absolute Gasteiger partial charge is 0.246 e. The second-order valence-corrected chi connectivity index (χ2v) is 7.09. The predicted molar refractivity (Wildman–Crippen MR) is 102 cm³/mol. The number of aromatic nitrogens is 2. The third kappa shape index (κ3) is 2.64. The van der Waals surface area contributed by atoms with Crippen LogP contribution in [-0.4, -0.2) is 41.7 Å². The molecule has 2 atom stereocenters. The molecule has 2 aliphatic heterocycles. The van der Waals surface area contributed by atoms with Crippen LogP contribution in [0.15, 0.2) is 60.9 Å². The van der Waals surface area contributed by atoms with Gasteiger partial charge in [-0.05, 0) is 30.2 Å². The van der Waals surface area contributed by atoms with E-state index in [0.29, 0.717) is 6.54 Å². The van der Waals surface area contributed by atoms with E-state index in [-0.39, 0.29) is 18.6 Å². The van der Waals surface area contributed by atoms with Crippen molar-refractivity contribution >= 4 is 22.6 Å². The molecular weight excluding hydrogens is 340 g/mol. The highest BCUT2D eigenvalue weighted by atomic mass is 16.5. The van der Waals surface area contributed by atoms with Gasteiger partial charge in [-0.3, -0.25) is 9.78 Å². The summed E-state index contributed by atoms with van der Waals surface area (Å²) in [6, 6.07) is 16.0. The number of benzene rings is 1. The Hall–Kier alpha value is -2.99. The Bertz CT molecular complexity index is 988. The van der Waals surface area contributed by atoms with Gasteiger partial charge in [-0.15, -0.1) is 0 Å². The van der Waals surface area contributed by atoms with Gasteiger partial charge in [0.15, 0.2) is 0 Å². The van der Waals surface area contributed by atoms with Gasteiger partial charge in [0.25, 0.3) is 0 Å². The second-order valence-electron chi connectivity index (χ2n) is 7.09. The molecule has 1 N–H and O–H groups in total. The van der Waals surface area contributed by atoms with E-state index in [1.165, 1.54) is 0 Å². The molecular formula is C21H20N4O2. The average Bonchev–Trinajstić information content (AvgIpc) is 2.73. The molecule has 0 saturated carbocycles. The maximum Gasteiger partial charge on any atom is 0.246 e. The van der Waals surface area contributed by atoms with Crippen LogP contribution in [-0.2, 0) is 15.1 Å². The molecule has 0 unspecified atom stereocenters. The molecule has 2 aliphatic rings. The number of nitrogens with zero attached hydrogens (tertiary/aromatic N) is 3. The van der Waals surface area contributed by atoms with Gasteiger partial charge in [-0.1, -0.05) is 30.3 Å². The number of rotatable bonds is 2. The number of carbonyl (C=O) groups excluding carboxylic acids is 1. The first-order valence-corrected chi connectivity index (χ1v) is 9.19. The monoisotopic (exact) mass is 360 g/mol. The SMILES string of the molecule is O=C1CO[C@@H]2CN(c3nccc4ncccc34)CC[C@@]2(c2ccccc2)N1. The fourth-order valence-electron chi connectivity index (χ4n) is 4.29. The Labute approximate surface area is 157 Å². The Kier molecular flexibility index (Phi) is 3.79. The van der Waals surface area contributed by atoms with Crippen molar-refractivity contribution in [1.82, 2.24) is 15.3 Å². The Balaban J connectivity index is 1.52. The van der Waals surface area contributed by atoms with Crippen LogP contribution < -0.4 is 10.2 Å². The van der Waals surface area contributed by atoms with Crippen molar-refractivity contribution in [2.75, 3.05) is 24.6 Å². The summed E-state index contributed by atoms with van der Waals surface area (Å²) in [6.45, 7) is 1.53. The van der Waals surface area contributed by atoms with Crippen molar-refractivity contribution in [1.29, 1.82) is 0 Å². The van der Waals surface area contributed by atoms with Crippen molar-refractivity contribution in [3.8, 4) is 0 Å². The third-order valence-corrected chi connectivity index (χ3v) is 5.59. The van der Waals surface area contributed by atoms with E-state index < -0.39 is 5.54 Å². The van der Waals surface area contributed by atoms with Crippen molar-refractivity contribution < 1.29 is 9.53 Å². The van der Waals surface area contributed by atoms with E-state index in [0.717, 1.165) is 35.2 Å². The lowest BCUT2D eigenvalue weighted by Crippen LogP contribution is -2.66. The zero-order valence-corrected chi connectivity index (χ0v) is 14.8. The topological polar surface area (TPSA) is 67.3 Å². The summed E-state index contributed by atoms with van der Waals surface area (Å²) in [7, 11) is 0. The molecule has 2 fully saturated rings. The summed E-state index contributed by atoms with van der Waals surface area (Å²) >= 11 is 0. The average molecular weight is 360 g/mol. The van der Waals surface area contributed by atoms with Crippen LogP contribution in [0.3, 0.4) is 0 Å². The quantitative estimate of drug-likeness (QED) is 0.759. The summed E-state index contributed by atoms with van der Waals surface area (Å²) in [5.41, 5.74) is 1.53. The molecule has 0 aliphatic carbocycles. The molecule has 6 heteroatoms. The minimum Gasteiger partial charge on any atom is -0.364 e. The lowest BCUT2D eigenvalue weighted by Gasteiger charge is -2.50. The highest BCUT2D eigenvalue weighted by molar-refractivity contribution is 5.89. The van der Waals surface area contributed by atoms with E-state index in [1.54, 1.807) is 12.4 Å². The number of hydrogen-bond donors (Lipinski definition) is 1. The van der Waals surface area contributed by atoms with E-state index in [2.05, 4.69) is 32.3 Å². The molecule has 1 amide bonds. The van der Waals surface area contributed by atoms with Gasteiger partial charge in [0.05, 0.1) is 11.1 Å². The van der Waals surface area contributed by atoms with Crippen molar-refractivity contribution in [3.05, 3.63) is 66.5 Å². The molecule has 5 rings (SSSR count). The summed E-state index contributed by atoms with van der Waals surface area (Å²) < 4.78 is 6.02.